The number of ketones is 1. The third-order valence-electron chi connectivity index (χ3n) is 2.62. The lowest BCUT2D eigenvalue weighted by molar-refractivity contribution is -0.116. The van der Waals surface area contributed by atoms with Crippen LogP contribution < -0.4 is 10.6 Å². The predicted octanol–water partition coefficient (Wildman–Crippen LogP) is 0.183. The monoisotopic (exact) mass is 166 g/mol. The van der Waals surface area contributed by atoms with Crippen LogP contribution in [0.4, 0.5) is 0 Å². The Morgan fingerprint density at radius 2 is 2.08 bits per heavy atom. The first kappa shape index (κ1) is 7.80. The van der Waals surface area contributed by atoms with E-state index in [0.717, 1.165) is 17.8 Å². The molecule has 0 aromatic heterocycles. The maximum atomic E-state index is 11.5. The van der Waals surface area contributed by atoms with E-state index in [4.69, 9.17) is 0 Å². The Hall–Kier alpha value is -0.830. The van der Waals surface area contributed by atoms with Crippen molar-refractivity contribution >= 4 is 5.78 Å². The van der Waals surface area contributed by atoms with Crippen LogP contribution in [0, 0.1) is 0 Å². The summed E-state index contributed by atoms with van der Waals surface area (Å²) < 4.78 is 0. The summed E-state index contributed by atoms with van der Waals surface area (Å²) in [7, 11) is 0. The zero-order valence-corrected chi connectivity index (χ0v) is 7.48. The normalized spacial score (nSPS) is 35.0. The van der Waals surface area contributed by atoms with Gasteiger partial charge in [-0.1, -0.05) is 0 Å². The fraction of sp³-hybridized carbons (Fsp3) is 0.667. The molecule has 0 radical (unpaired) electrons. The minimum absolute atomic E-state index is 0.232. The van der Waals surface area contributed by atoms with Gasteiger partial charge < -0.3 is 10.6 Å². The summed E-state index contributed by atoms with van der Waals surface area (Å²) in [6.07, 6.45) is 0.650. The molecule has 0 saturated heterocycles. The third-order valence-corrected chi connectivity index (χ3v) is 2.62. The van der Waals surface area contributed by atoms with Crippen molar-refractivity contribution in [3.8, 4) is 0 Å². The first-order valence-corrected chi connectivity index (χ1v) is 4.47. The lowest BCUT2D eigenvalue weighted by atomic mass is 9.98. The number of hydrogen-bond acceptors (Lipinski definition) is 3. The van der Waals surface area contributed by atoms with Crippen molar-refractivity contribution in [2.45, 2.75) is 32.4 Å². The van der Waals surface area contributed by atoms with E-state index in [9.17, 15) is 4.79 Å². The van der Waals surface area contributed by atoms with E-state index in [1.165, 1.54) is 0 Å². The second-order valence-electron chi connectivity index (χ2n) is 3.54. The van der Waals surface area contributed by atoms with Crippen LogP contribution in [-0.4, -0.2) is 24.4 Å². The van der Waals surface area contributed by atoms with Gasteiger partial charge >= 0.3 is 0 Å². The SMILES string of the molecule is CC1N[C@H](C)C2=C1C(=O)CCN2. The Balaban J connectivity index is 2.38. The fourth-order valence-electron chi connectivity index (χ4n) is 2.09. The third kappa shape index (κ3) is 0.966. The molecule has 12 heavy (non-hydrogen) atoms. The van der Waals surface area contributed by atoms with Crippen LogP contribution in [0.2, 0.25) is 0 Å². The van der Waals surface area contributed by atoms with Crippen molar-refractivity contribution < 1.29 is 4.79 Å². The topological polar surface area (TPSA) is 41.1 Å². The van der Waals surface area contributed by atoms with Crippen molar-refractivity contribution in [3.63, 3.8) is 0 Å². The summed E-state index contributed by atoms with van der Waals surface area (Å²) in [5.74, 6) is 0.313. The molecular formula is C9H14N2O. The maximum absolute atomic E-state index is 11.5. The molecule has 2 N–H and O–H groups in total. The lowest BCUT2D eigenvalue weighted by Gasteiger charge is -2.17. The molecule has 2 aliphatic rings. The van der Waals surface area contributed by atoms with E-state index in [1.807, 2.05) is 6.92 Å². The smallest absolute Gasteiger partial charge is 0.163 e. The van der Waals surface area contributed by atoms with E-state index >= 15 is 0 Å². The van der Waals surface area contributed by atoms with Gasteiger partial charge in [-0.15, -0.1) is 0 Å². The van der Waals surface area contributed by atoms with Crippen molar-refractivity contribution in [3.05, 3.63) is 11.3 Å². The van der Waals surface area contributed by atoms with E-state index in [2.05, 4.69) is 17.6 Å². The highest BCUT2D eigenvalue weighted by molar-refractivity contribution is 5.98. The van der Waals surface area contributed by atoms with E-state index in [1.54, 1.807) is 0 Å². The second kappa shape index (κ2) is 2.59. The molecular weight excluding hydrogens is 152 g/mol. The summed E-state index contributed by atoms with van der Waals surface area (Å²) >= 11 is 0. The molecule has 1 unspecified atom stereocenters. The molecule has 2 aliphatic heterocycles. The zero-order chi connectivity index (χ0) is 8.72. The van der Waals surface area contributed by atoms with E-state index in [-0.39, 0.29) is 6.04 Å². The average molecular weight is 166 g/mol. The molecule has 66 valence electrons. The van der Waals surface area contributed by atoms with Gasteiger partial charge in [-0.2, -0.15) is 0 Å². The minimum atomic E-state index is 0.232. The molecule has 2 heterocycles. The van der Waals surface area contributed by atoms with Crippen LogP contribution in [-0.2, 0) is 4.79 Å². The Morgan fingerprint density at radius 1 is 1.33 bits per heavy atom. The number of nitrogens with one attached hydrogen (secondary N) is 2. The quantitative estimate of drug-likeness (QED) is 0.539. The summed E-state index contributed by atoms with van der Waals surface area (Å²) in [6.45, 7) is 4.94. The Morgan fingerprint density at radius 3 is 2.75 bits per heavy atom. The van der Waals surface area contributed by atoms with Gasteiger partial charge in [-0.05, 0) is 13.8 Å². The summed E-state index contributed by atoms with van der Waals surface area (Å²) in [4.78, 5) is 11.5. The van der Waals surface area contributed by atoms with Crippen molar-refractivity contribution in [2.75, 3.05) is 6.54 Å². The van der Waals surface area contributed by atoms with Gasteiger partial charge in [0.1, 0.15) is 0 Å². The molecule has 3 nitrogen and oxygen atoms in total. The lowest BCUT2D eigenvalue weighted by Crippen LogP contribution is -2.31. The number of carbonyl (C=O) groups is 1. The van der Waals surface area contributed by atoms with Gasteiger partial charge in [0, 0.05) is 36.3 Å². The van der Waals surface area contributed by atoms with Crippen LogP contribution in [0.3, 0.4) is 0 Å². The van der Waals surface area contributed by atoms with E-state index in [0.29, 0.717) is 18.2 Å². The highest BCUT2D eigenvalue weighted by Gasteiger charge is 2.33. The van der Waals surface area contributed by atoms with Gasteiger partial charge in [0.15, 0.2) is 5.78 Å². The predicted molar refractivity (Wildman–Crippen MR) is 46.7 cm³/mol. The molecule has 3 heteroatoms. The Labute approximate surface area is 72.2 Å². The number of rotatable bonds is 0. The summed E-state index contributed by atoms with van der Waals surface area (Å²) in [6, 6.07) is 0.551. The van der Waals surface area contributed by atoms with Gasteiger partial charge in [-0.25, -0.2) is 0 Å². The highest BCUT2D eigenvalue weighted by Crippen LogP contribution is 2.23. The largest absolute Gasteiger partial charge is 0.386 e. The maximum Gasteiger partial charge on any atom is 0.163 e. The molecule has 0 bridgehead atoms. The van der Waals surface area contributed by atoms with Crippen molar-refractivity contribution in [1.29, 1.82) is 0 Å². The Kier molecular flexibility index (Phi) is 1.68. The van der Waals surface area contributed by atoms with Gasteiger partial charge in [0.2, 0.25) is 0 Å². The van der Waals surface area contributed by atoms with Crippen LogP contribution in [0.15, 0.2) is 11.3 Å². The highest BCUT2D eigenvalue weighted by atomic mass is 16.1. The molecule has 0 aliphatic carbocycles. The minimum Gasteiger partial charge on any atom is -0.386 e. The van der Waals surface area contributed by atoms with E-state index < -0.39 is 0 Å². The fourth-order valence-corrected chi connectivity index (χ4v) is 2.09. The standard InChI is InChI=1S/C9H14N2O/c1-5-8-7(12)3-4-10-9(8)6(2)11-5/h5-6,10-11H,3-4H2,1-2H3/t5?,6-/m1/s1. The zero-order valence-electron chi connectivity index (χ0n) is 7.48. The van der Waals surface area contributed by atoms with Gasteiger partial charge in [0.05, 0.1) is 0 Å². The first-order chi connectivity index (χ1) is 5.70. The molecule has 0 aromatic rings. The molecule has 0 fully saturated rings. The molecule has 0 spiro atoms. The van der Waals surface area contributed by atoms with Gasteiger partial charge in [0.25, 0.3) is 0 Å². The first-order valence-electron chi connectivity index (χ1n) is 4.47. The molecule has 0 amide bonds. The second-order valence-corrected chi connectivity index (χ2v) is 3.54. The Bertz CT molecular complexity index is 257. The number of Topliss-reactive ketones (excluding diaryl/α,β-unsaturated/α-hetero) is 1. The number of carbonyl (C=O) groups excluding carboxylic acids is 1. The van der Waals surface area contributed by atoms with Crippen LogP contribution in [0.5, 0.6) is 0 Å². The molecule has 2 atom stereocenters. The van der Waals surface area contributed by atoms with Gasteiger partial charge in [-0.3, -0.25) is 4.79 Å². The average Bonchev–Trinajstić information content (AvgIpc) is 2.29. The molecule has 0 saturated carbocycles. The molecule has 2 rings (SSSR count). The van der Waals surface area contributed by atoms with Crippen molar-refractivity contribution in [2.24, 2.45) is 0 Å². The van der Waals surface area contributed by atoms with Crippen molar-refractivity contribution in [1.82, 2.24) is 10.6 Å². The summed E-state index contributed by atoms with van der Waals surface area (Å²) in [5.41, 5.74) is 2.10. The number of hydrogen-bond donors (Lipinski definition) is 2. The van der Waals surface area contributed by atoms with Crippen LogP contribution in [0.1, 0.15) is 20.3 Å². The van der Waals surface area contributed by atoms with Crippen LogP contribution >= 0.6 is 0 Å². The molecule has 0 aromatic carbocycles. The summed E-state index contributed by atoms with van der Waals surface area (Å²) in [5, 5.41) is 6.62. The van der Waals surface area contributed by atoms with Crippen LogP contribution in [0.25, 0.3) is 0 Å².